The fourth-order valence-corrected chi connectivity index (χ4v) is 10.1. The molecule has 0 bridgehead atoms. The molecule has 0 radical (unpaired) electrons. The zero-order valence-electron chi connectivity index (χ0n) is 40.2. The van der Waals surface area contributed by atoms with Crippen molar-refractivity contribution in [2.24, 2.45) is 11.8 Å². The summed E-state index contributed by atoms with van der Waals surface area (Å²) >= 11 is 0. The minimum atomic E-state index is -4.55. The summed E-state index contributed by atoms with van der Waals surface area (Å²) in [5.74, 6) is -1.34. The summed E-state index contributed by atoms with van der Waals surface area (Å²) in [5, 5.41) is 15.4. The third kappa shape index (κ3) is 13.9. The van der Waals surface area contributed by atoms with Crippen molar-refractivity contribution >= 4 is 46.3 Å². The molecule has 3 aromatic rings. The Bertz CT molecular complexity index is 2250. The zero-order valence-corrected chi connectivity index (χ0v) is 40.2. The number of anilines is 1. The normalized spacial score (nSPS) is 25.1. The summed E-state index contributed by atoms with van der Waals surface area (Å²) in [6.45, 7) is 6.81. The Kier molecular flexibility index (Phi) is 18.3. The van der Waals surface area contributed by atoms with Gasteiger partial charge in [-0.25, -0.2) is 9.97 Å². The first-order chi connectivity index (χ1) is 33.7. The SMILES string of the molecule is CC(C)N(C)[C@@H]1CC[C@H](N2CC[C@H](Nc3ncnc4ccc(C(F)(F)F)cc34)C2=O)[C@H](NC(=O)C2CCC(NC(=O)CCOCCOCCOCCNC(=O)[C@H]3CC(=O)N[C@@H]3c3cccnc3)CC2)C1. The van der Waals surface area contributed by atoms with E-state index in [1.54, 1.807) is 18.5 Å². The number of ether oxygens (including phenoxy) is 3. The van der Waals surface area contributed by atoms with Crippen LogP contribution in [0.25, 0.3) is 10.9 Å². The molecule has 18 nitrogen and oxygen atoms in total. The van der Waals surface area contributed by atoms with Crippen LogP contribution in [0.5, 0.6) is 0 Å². The first kappa shape index (κ1) is 52.3. The van der Waals surface area contributed by atoms with Crippen LogP contribution >= 0.6 is 0 Å². The average molecular weight is 981 g/mol. The van der Waals surface area contributed by atoms with Crippen LogP contribution in [-0.4, -0.2) is 150 Å². The molecule has 0 spiro atoms. The molecule has 4 fully saturated rings. The number of carbonyl (C=O) groups excluding carboxylic acids is 5. The molecule has 7 rings (SSSR count). The molecule has 1 aromatic carbocycles. The number of rotatable bonds is 22. The van der Waals surface area contributed by atoms with Crippen molar-refractivity contribution in [3.63, 3.8) is 0 Å². The van der Waals surface area contributed by atoms with Crippen LogP contribution in [0.3, 0.4) is 0 Å². The predicted octanol–water partition coefficient (Wildman–Crippen LogP) is 3.91. The van der Waals surface area contributed by atoms with Gasteiger partial charge in [0, 0.05) is 67.8 Å². The number of pyridine rings is 1. The molecule has 4 aliphatic rings. The number of hydrogen-bond acceptors (Lipinski definition) is 13. The van der Waals surface area contributed by atoms with E-state index in [4.69, 9.17) is 14.2 Å². The monoisotopic (exact) mass is 981 g/mol. The smallest absolute Gasteiger partial charge is 0.379 e. The second-order valence-electron chi connectivity index (χ2n) is 19.0. The summed E-state index contributed by atoms with van der Waals surface area (Å²) in [6, 6.07) is 5.65. The maximum atomic E-state index is 14.1. The third-order valence-electron chi connectivity index (χ3n) is 14.1. The maximum Gasteiger partial charge on any atom is 0.416 e. The van der Waals surface area contributed by atoms with Crippen molar-refractivity contribution in [1.29, 1.82) is 0 Å². The van der Waals surface area contributed by atoms with Gasteiger partial charge in [0.1, 0.15) is 18.2 Å². The van der Waals surface area contributed by atoms with Gasteiger partial charge < -0.3 is 50.6 Å². The average Bonchev–Trinajstić information content (AvgIpc) is 3.92. The molecule has 5 amide bonds. The van der Waals surface area contributed by atoms with E-state index < -0.39 is 29.7 Å². The van der Waals surface area contributed by atoms with Gasteiger partial charge in [0.15, 0.2) is 0 Å². The van der Waals surface area contributed by atoms with Crippen LogP contribution in [0.4, 0.5) is 19.0 Å². The molecule has 2 saturated heterocycles. The number of halogens is 3. The van der Waals surface area contributed by atoms with Gasteiger partial charge in [-0.05, 0) is 102 Å². The minimum Gasteiger partial charge on any atom is -0.379 e. The first-order valence-electron chi connectivity index (χ1n) is 24.6. The Morgan fingerprint density at radius 1 is 0.900 bits per heavy atom. The van der Waals surface area contributed by atoms with E-state index in [-0.39, 0.29) is 96.3 Å². The standard InChI is InChI=1S/C49H67F3N10O8/c1-30(2)61(3)35-11-13-41(62-18-14-39(48(62)67)58-45-36-25-33(49(50,51)52)8-12-38(36)55-29-56-45)40(26-35)59-46(65)31-6-9-34(10-7-31)57-42(63)15-19-68-21-23-70-24-22-69-20-17-54-47(66)37-27-43(64)60-44(37)32-5-4-16-53-28-32/h4-5,8,12,16,25,28-31,34-35,37,39-41,44H,6-7,9-11,13-15,17-24,26-27H2,1-3H3,(H,54,66)(H,57,63)(H,59,65)(H,60,64)(H,55,56,58)/t31?,34?,35-,37+,39+,40-,41+,44-/m1/s1. The van der Waals surface area contributed by atoms with Gasteiger partial charge in [-0.15, -0.1) is 0 Å². The fraction of sp³-hybridized carbons (Fsp3) is 0.633. The molecule has 2 aromatic heterocycles. The van der Waals surface area contributed by atoms with Crippen molar-refractivity contribution in [1.82, 2.24) is 46.0 Å². The summed E-state index contributed by atoms with van der Waals surface area (Å²) < 4.78 is 57.5. The van der Waals surface area contributed by atoms with Crippen molar-refractivity contribution in [2.45, 2.75) is 127 Å². The fourth-order valence-electron chi connectivity index (χ4n) is 10.1. The number of aromatic nitrogens is 3. The van der Waals surface area contributed by atoms with Crippen molar-refractivity contribution in [3.8, 4) is 0 Å². The number of fused-ring (bicyclic) bond motifs is 1. The van der Waals surface area contributed by atoms with Gasteiger partial charge in [0.2, 0.25) is 29.5 Å². The largest absolute Gasteiger partial charge is 0.416 e. The second-order valence-corrected chi connectivity index (χ2v) is 19.0. The summed E-state index contributed by atoms with van der Waals surface area (Å²) in [6.07, 6.45) is 5.47. The summed E-state index contributed by atoms with van der Waals surface area (Å²) in [7, 11) is 2.08. The van der Waals surface area contributed by atoms with E-state index in [1.165, 1.54) is 12.4 Å². The Labute approximate surface area is 406 Å². The number of benzene rings is 1. The molecule has 6 atom stereocenters. The highest BCUT2D eigenvalue weighted by molar-refractivity contribution is 5.93. The van der Waals surface area contributed by atoms with E-state index >= 15 is 0 Å². The molecule has 21 heteroatoms. The third-order valence-corrected chi connectivity index (χ3v) is 14.1. The Morgan fingerprint density at radius 2 is 1.64 bits per heavy atom. The highest BCUT2D eigenvalue weighted by atomic mass is 19.4. The highest BCUT2D eigenvalue weighted by Crippen LogP contribution is 2.35. The highest BCUT2D eigenvalue weighted by Gasteiger charge is 2.44. The van der Waals surface area contributed by atoms with Crippen LogP contribution in [0.1, 0.15) is 95.2 Å². The van der Waals surface area contributed by atoms with Gasteiger partial charge in [0.25, 0.3) is 0 Å². The van der Waals surface area contributed by atoms with E-state index in [1.807, 2.05) is 11.0 Å². The molecule has 70 heavy (non-hydrogen) atoms. The Hall–Kier alpha value is -5.51. The van der Waals surface area contributed by atoms with Gasteiger partial charge in [-0.1, -0.05) is 6.07 Å². The molecular weight excluding hydrogens is 914 g/mol. The van der Waals surface area contributed by atoms with Gasteiger partial charge in [-0.3, -0.25) is 29.0 Å². The molecule has 4 heterocycles. The van der Waals surface area contributed by atoms with E-state index in [2.05, 4.69) is 67.3 Å². The lowest BCUT2D eigenvalue weighted by Gasteiger charge is -2.45. The molecule has 0 unspecified atom stereocenters. The second kappa shape index (κ2) is 24.6. The van der Waals surface area contributed by atoms with Crippen molar-refractivity contribution in [3.05, 3.63) is 60.2 Å². The van der Waals surface area contributed by atoms with Gasteiger partial charge in [0.05, 0.1) is 74.8 Å². The predicted molar refractivity (Wildman–Crippen MR) is 252 cm³/mol. The number of likely N-dealkylation sites (tertiary alicyclic amines) is 1. The van der Waals surface area contributed by atoms with Crippen molar-refractivity contribution in [2.75, 3.05) is 65.1 Å². The van der Waals surface area contributed by atoms with E-state index in [0.29, 0.717) is 96.6 Å². The molecule has 2 saturated carbocycles. The molecule has 2 aliphatic heterocycles. The Morgan fingerprint density at radius 3 is 2.36 bits per heavy atom. The van der Waals surface area contributed by atoms with E-state index in [9.17, 15) is 37.1 Å². The number of alkyl halides is 3. The topological polar surface area (TPSA) is 218 Å². The quantitative estimate of drug-likeness (QED) is 0.0904. The molecule has 2 aliphatic carbocycles. The molecule has 382 valence electrons. The van der Waals surface area contributed by atoms with Gasteiger partial charge >= 0.3 is 6.18 Å². The van der Waals surface area contributed by atoms with Crippen LogP contribution in [0, 0.1) is 11.8 Å². The van der Waals surface area contributed by atoms with Crippen LogP contribution < -0.4 is 26.6 Å². The lowest BCUT2D eigenvalue weighted by atomic mass is 9.82. The zero-order chi connectivity index (χ0) is 49.8. The lowest BCUT2D eigenvalue weighted by molar-refractivity contribution is -0.137. The lowest BCUT2D eigenvalue weighted by Crippen LogP contribution is -2.59. The number of nitrogens with one attached hydrogen (secondary N) is 5. The van der Waals surface area contributed by atoms with Gasteiger partial charge in [-0.2, -0.15) is 13.2 Å². The Balaban J connectivity index is 0.775. The van der Waals surface area contributed by atoms with E-state index in [0.717, 1.165) is 24.1 Å². The summed E-state index contributed by atoms with van der Waals surface area (Å²) in [5.41, 5.74) is 0.288. The molecular formula is C49H67F3N10O8. The van der Waals surface area contributed by atoms with Crippen molar-refractivity contribution < 1.29 is 51.4 Å². The van der Waals surface area contributed by atoms with Crippen LogP contribution in [0.15, 0.2) is 49.1 Å². The number of hydrogen-bond donors (Lipinski definition) is 5. The number of nitrogens with zero attached hydrogens (tertiary/aromatic N) is 5. The maximum absolute atomic E-state index is 14.1. The van der Waals surface area contributed by atoms with Crippen LogP contribution in [-0.2, 0) is 44.4 Å². The minimum absolute atomic E-state index is 0.0499. The molecule has 5 N–H and O–H groups in total. The number of amides is 5. The summed E-state index contributed by atoms with van der Waals surface area (Å²) in [4.78, 5) is 82.1. The van der Waals surface area contributed by atoms with Crippen LogP contribution in [0.2, 0.25) is 0 Å². The first-order valence-corrected chi connectivity index (χ1v) is 24.6. The number of carbonyl (C=O) groups is 5.